The van der Waals surface area contributed by atoms with E-state index in [1.807, 2.05) is 49.4 Å². The van der Waals surface area contributed by atoms with Crippen molar-refractivity contribution >= 4 is 50.6 Å². The van der Waals surface area contributed by atoms with Crippen molar-refractivity contribution in [3.05, 3.63) is 42.5 Å². The average Bonchev–Trinajstić information content (AvgIpc) is 2.92. The molecule has 0 saturated carbocycles. The molecule has 7 heteroatoms. The van der Waals surface area contributed by atoms with Crippen molar-refractivity contribution in [2.45, 2.75) is 16.5 Å². The summed E-state index contributed by atoms with van der Waals surface area (Å²) in [7, 11) is 0. The standard InChI is InChI=1S/C15H14N4OS2/c1-9(21-15-19-18-14(16)22-15)13(20)17-12-8-4-6-10-5-2-3-7-11(10)12/h2-9H,1H3,(H2,16,18)(H,17,20)/t9-/m0/s1. The Morgan fingerprint density at radius 1 is 1.23 bits per heavy atom. The van der Waals surface area contributed by atoms with Crippen molar-refractivity contribution in [3.8, 4) is 0 Å². The van der Waals surface area contributed by atoms with Gasteiger partial charge in [0.15, 0.2) is 4.34 Å². The third kappa shape index (κ3) is 3.20. The number of nitrogens with zero attached hydrogens (tertiary/aromatic N) is 2. The molecule has 5 nitrogen and oxygen atoms in total. The van der Waals surface area contributed by atoms with Crippen molar-refractivity contribution in [2.75, 3.05) is 11.1 Å². The van der Waals surface area contributed by atoms with Gasteiger partial charge in [-0.2, -0.15) is 0 Å². The van der Waals surface area contributed by atoms with E-state index in [1.54, 1.807) is 0 Å². The second kappa shape index (κ2) is 6.33. The third-order valence-corrected chi connectivity index (χ3v) is 5.05. The lowest BCUT2D eigenvalue weighted by atomic mass is 10.1. The van der Waals surface area contributed by atoms with Crippen molar-refractivity contribution in [1.82, 2.24) is 10.2 Å². The number of aromatic nitrogens is 2. The van der Waals surface area contributed by atoms with Gasteiger partial charge in [-0.25, -0.2) is 0 Å². The first kappa shape index (κ1) is 14.8. The number of thioether (sulfide) groups is 1. The molecule has 1 atom stereocenters. The fourth-order valence-corrected chi connectivity index (χ4v) is 3.82. The third-order valence-electron chi connectivity index (χ3n) is 3.12. The Hall–Kier alpha value is -2.12. The van der Waals surface area contributed by atoms with Crippen LogP contribution < -0.4 is 11.1 Å². The lowest BCUT2D eigenvalue weighted by Crippen LogP contribution is -2.22. The molecule has 0 unspecified atom stereocenters. The van der Waals surface area contributed by atoms with Crippen molar-refractivity contribution in [2.24, 2.45) is 0 Å². The van der Waals surface area contributed by atoms with Crippen LogP contribution in [0.3, 0.4) is 0 Å². The molecule has 0 spiro atoms. The Kier molecular flexibility index (Phi) is 4.26. The number of anilines is 2. The number of carbonyl (C=O) groups is 1. The predicted molar refractivity (Wildman–Crippen MR) is 92.2 cm³/mol. The molecule has 2 aromatic carbocycles. The average molecular weight is 330 g/mol. The zero-order valence-corrected chi connectivity index (χ0v) is 13.4. The highest BCUT2D eigenvalue weighted by Crippen LogP contribution is 2.29. The van der Waals surface area contributed by atoms with Gasteiger partial charge in [-0.15, -0.1) is 10.2 Å². The maximum Gasteiger partial charge on any atom is 0.237 e. The normalized spacial score (nSPS) is 12.2. The van der Waals surface area contributed by atoms with E-state index < -0.39 is 0 Å². The van der Waals surface area contributed by atoms with E-state index in [0.29, 0.717) is 9.47 Å². The number of amides is 1. The SMILES string of the molecule is C[C@H](Sc1nnc(N)s1)C(=O)Nc1cccc2ccccc12. The Labute approximate surface area is 135 Å². The van der Waals surface area contributed by atoms with E-state index in [2.05, 4.69) is 15.5 Å². The summed E-state index contributed by atoms with van der Waals surface area (Å²) in [5.74, 6) is -0.0740. The molecule has 3 aromatic rings. The number of carbonyl (C=O) groups excluding carboxylic acids is 1. The first-order chi connectivity index (χ1) is 10.6. The van der Waals surface area contributed by atoms with Crippen LogP contribution in [0.15, 0.2) is 46.8 Å². The molecule has 0 aliphatic heterocycles. The van der Waals surface area contributed by atoms with Crippen LogP contribution in [0.2, 0.25) is 0 Å². The summed E-state index contributed by atoms with van der Waals surface area (Å²) < 4.78 is 0.693. The minimum absolute atomic E-state index is 0.0740. The molecule has 1 aromatic heterocycles. The minimum Gasteiger partial charge on any atom is -0.374 e. The lowest BCUT2D eigenvalue weighted by Gasteiger charge is -2.12. The molecular weight excluding hydrogens is 316 g/mol. The molecule has 1 amide bonds. The zero-order chi connectivity index (χ0) is 15.5. The molecule has 0 bridgehead atoms. The smallest absolute Gasteiger partial charge is 0.237 e. The van der Waals surface area contributed by atoms with Gasteiger partial charge in [0.25, 0.3) is 0 Å². The van der Waals surface area contributed by atoms with Crippen LogP contribution in [-0.2, 0) is 4.79 Å². The van der Waals surface area contributed by atoms with Crippen molar-refractivity contribution in [1.29, 1.82) is 0 Å². The lowest BCUT2D eigenvalue weighted by molar-refractivity contribution is -0.115. The molecule has 0 radical (unpaired) electrons. The number of rotatable bonds is 4. The molecule has 0 aliphatic rings. The topological polar surface area (TPSA) is 80.9 Å². The first-order valence-corrected chi connectivity index (χ1v) is 8.37. The highest BCUT2D eigenvalue weighted by atomic mass is 32.2. The number of hydrogen-bond donors (Lipinski definition) is 2. The number of hydrogen-bond acceptors (Lipinski definition) is 6. The van der Waals surface area contributed by atoms with Crippen LogP contribution in [0.4, 0.5) is 10.8 Å². The van der Waals surface area contributed by atoms with Gasteiger partial charge in [0, 0.05) is 11.1 Å². The Bertz CT molecular complexity index is 813. The van der Waals surface area contributed by atoms with Gasteiger partial charge >= 0.3 is 0 Å². The monoisotopic (exact) mass is 330 g/mol. The van der Waals surface area contributed by atoms with E-state index in [9.17, 15) is 4.79 Å². The number of fused-ring (bicyclic) bond motifs is 1. The molecule has 3 rings (SSSR count). The van der Waals surface area contributed by atoms with Gasteiger partial charge in [-0.3, -0.25) is 4.79 Å². The van der Waals surface area contributed by atoms with Crippen LogP contribution in [0.1, 0.15) is 6.92 Å². The minimum atomic E-state index is -0.286. The fraction of sp³-hybridized carbons (Fsp3) is 0.133. The van der Waals surface area contributed by atoms with Crippen LogP contribution in [0.5, 0.6) is 0 Å². The van der Waals surface area contributed by atoms with E-state index in [-0.39, 0.29) is 11.2 Å². The number of nitrogens with one attached hydrogen (secondary N) is 1. The Morgan fingerprint density at radius 2 is 2.00 bits per heavy atom. The van der Waals surface area contributed by atoms with Gasteiger partial charge in [0.1, 0.15) is 0 Å². The number of benzene rings is 2. The summed E-state index contributed by atoms with van der Waals surface area (Å²) in [5.41, 5.74) is 6.36. The highest BCUT2D eigenvalue weighted by Gasteiger charge is 2.17. The van der Waals surface area contributed by atoms with Gasteiger partial charge in [0.05, 0.1) is 5.25 Å². The van der Waals surface area contributed by atoms with Crippen molar-refractivity contribution in [3.63, 3.8) is 0 Å². The summed E-state index contributed by atoms with van der Waals surface area (Å²) in [4.78, 5) is 12.4. The Balaban J connectivity index is 1.75. The van der Waals surface area contributed by atoms with Crippen LogP contribution in [-0.4, -0.2) is 21.4 Å². The maximum atomic E-state index is 12.4. The van der Waals surface area contributed by atoms with E-state index in [4.69, 9.17) is 5.73 Å². The summed E-state index contributed by atoms with van der Waals surface area (Å²) >= 11 is 2.63. The second-order valence-corrected chi connectivity index (χ2v) is 7.28. The van der Waals surface area contributed by atoms with E-state index >= 15 is 0 Å². The van der Waals surface area contributed by atoms with Crippen LogP contribution >= 0.6 is 23.1 Å². The van der Waals surface area contributed by atoms with Gasteiger partial charge in [-0.05, 0) is 18.4 Å². The summed E-state index contributed by atoms with van der Waals surface area (Å²) in [6, 6.07) is 13.8. The van der Waals surface area contributed by atoms with Gasteiger partial charge < -0.3 is 11.1 Å². The van der Waals surface area contributed by atoms with Gasteiger partial charge in [-0.1, -0.05) is 59.5 Å². The quantitative estimate of drug-likeness (QED) is 0.717. The second-order valence-electron chi connectivity index (χ2n) is 4.68. The van der Waals surface area contributed by atoms with Crippen LogP contribution in [0.25, 0.3) is 10.8 Å². The predicted octanol–water partition coefficient (Wildman–Crippen LogP) is 3.39. The van der Waals surface area contributed by atoms with Crippen LogP contribution in [0, 0.1) is 0 Å². The summed E-state index contributed by atoms with van der Waals surface area (Å²) in [6.45, 7) is 1.84. The van der Waals surface area contributed by atoms with E-state index in [1.165, 1.54) is 23.1 Å². The number of nitrogen functional groups attached to an aromatic ring is 1. The van der Waals surface area contributed by atoms with Gasteiger partial charge in [0.2, 0.25) is 11.0 Å². The Morgan fingerprint density at radius 3 is 2.77 bits per heavy atom. The molecule has 0 saturated heterocycles. The molecule has 112 valence electrons. The molecule has 0 fully saturated rings. The zero-order valence-electron chi connectivity index (χ0n) is 11.8. The maximum absolute atomic E-state index is 12.4. The first-order valence-electron chi connectivity index (χ1n) is 6.68. The fourth-order valence-electron chi connectivity index (χ4n) is 2.04. The molecule has 22 heavy (non-hydrogen) atoms. The molecule has 3 N–H and O–H groups in total. The summed E-state index contributed by atoms with van der Waals surface area (Å²) in [5, 5.41) is 12.9. The molecular formula is C15H14N4OS2. The molecule has 1 heterocycles. The number of nitrogens with two attached hydrogens (primary N) is 1. The van der Waals surface area contributed by atoms with E-state index in [0.717, 1.165) is 16.5 Å². The van der Waals surface area contributed by atoms with Crippen molar-refractivity contribution < 1.29 is 4.79 Å². The largest absolute Gasteiger partial charge is 0.374 e. The molecule has 0 aliphatic carbocycles. The summed E-state index contributed by atoms with van der Waals surface area (Å²) in [6.07, 6.45) is 0. The highest BCUT2D eigenvalue weighted by molar-refractivity contribution is 8.02.